The zero-order valence-corrected chi connectivity index (χ0v) is 13.9. The Labute approximate surface area is 132 Å². The largest absolute Gasteiger partial charge is 0.366 e. The van der Waals surface area contributed by atoms with E-state index in [1.165, 1.54) is 11.8 Å². The van der Waals surface area contributed by atoms with Crippen molar-refractivity contribution in [2.24, 2.45) is 0 Å². The number of hydrogen-bond acceptors (Lipinski definition) is 4. The Balaban J connectivity index is 1.77. The zero-order chi connectivity index (χ0) is 15.0. The van der Waals surface area contributed by atoms with E-state index >= 15 is 0 Å². The first-order valence-electron chi connectivity index (χ1n) is 6.62. The molecule has 0 spiro atoms. The van der Waals surface area contributed by atoms with Gasteiger partial charge in [-0.1, -0.05) is 28.1 Å². The molecule has 0 aliphatic heterocycles. The van der Waals surface area contributed by atoms with Crippen molar-refractivity contribution in [1.82, 2.24) is 4.98 Å². The van der Waals surface area contributed by atoms with Crippen molar-refractivity contribution in [1.29, 1.82) is 0 Å². The van der Waals surface area contributed by atoms with Crippen LogP contribution in [0.4, 0.5) is 5.82 Å². The molecule has 6 heteroatoms. The van der Waals surface area contributed by atoms with E-state index in [2.05, 4.69) is 38.4 Å². The summed E-state index contributed by atoms with van der Waals surface area (Å²) in [4.78, 5) is 4.43. The molecule has 1 aromatic carbocycles. The predicted molar refractivity (Wildman–Crippen MR) is 86.3 cm³/mol. The lowest BCUT2D eigenvalue weighted by Crippen LogP contribution is -2.10. The van der Waals surface area contributed by atoms with Crippen LogP contribution < -0.4 is 5.32 Å². The summed E-state index contributed by atoms with van der Waals surface area (Å²) < 4.78 is 24.6. The highest BCUT2D eigenvalue weighted by Gasteiger charge is 2.39. The lowest BCUT2D eigenvalue weighted by Gasteiger charge is -2.09. The van der Waals surface area contributed by atoms with E-state index < -0.39 is 9.84 Å². The van der Waals surface area contributed by atoms with Crippen LogP contribution in [-0.2, 0) is 9.84 Å². The number of hydrogen-bond donors (Lipinski definition) is 1. The fourth-order valence-electron chi connectivity index (χ4n) is 2.41. The molecule has 0 bridgehead atoms. The fourth-order valence-corrected chi connectivity index (χ4v) is 3.46. The summed E-state index contributed by atoms with van der Waals surface area (Å²) >= 11 is 3.42. The van der Waals surface area contributed by atoms with Gasteiger partial charge in [0.1, 0.15) is 10.7 Å². The highest BCUT2D eigenvalue weighted by Crippen LogP contribution is 2.43. The molecule has 3 rings (SSSR count). The van der Waals surface area contributed by atoms with E-state index in [1.54, 1.807) is 18.3 Å². The van der Waals surface area contributed by atoms with Gasteiger partial charge in [0.2, 0.25) is 0 Å². The van der Waals surface area contributed by atoms with Gasteiger partial charge in [-0.3, -0.25) is 0 Å². The summed E-state index contributed by atoms with van der Waals surface area (Å²) in [5.41, 5.74) is 1.26. The number of rotatable bonds is 4. The Morgan fingerprint density at radius 3 is 2.62 bits per heavy atom. The van der Waals surface area contributed by atoms with Crippen molar-refractivity contribution in [3.05, 3.63) is 52.6 Å². The lowest BCUT2D eigenvalue weighted by molar-refractivity contribution is 0.601. The Hall–Kier alpha value is -1.40. The topological polar surface area (TPSA) is 59.1 Å². The highest BCUT2D eigenvalue weighted by molar-refractivity contribution is 9.10. The number of benzene rings is 1. The van der Waals surface area contributed by atoms with Gasteiger partial charge in [-0.15, -0.1) is 0 Å². The average molecular weight is 367 g/mol. The maximum absolute atomic E-state index is 11.8. The van der Waals surface area contributed by atoms with Crippen molar-refractivity contribution in [2.45, 2.75) is 23.3 Å². The van der Waals surface area contributed by atoms with Crippen LogP contribution >= 0.6 is 15.9 Å². The van der Waals surface area contributed by atoms with Crippen molar-refractivity contribution in [3.8, 4) is 0 Å². The number of anilines is 1. The van der Waals surface area contributed by atoms with Crippen LogP contribution in [0.1, 0.15) is 17.9 Å². The van der Waals surface area contributed by atoms with Crippen LogP contribution in [0.25, 0.3) is 0 Å². The summed E-state index contributed by atoms with van der Waals surface area (Å²) in [5, 5.41) is 3.25. The van der Waals surface area contributed by atoms with Crippen molar-refractivity contribution in [2.75, 3.05) is 11.6 Å². The van der Waals surface area contributed by atoms with Gasteiger partial charge in [0.05, 0.1) is 0 Å². The molecule has 110 valence electrons. The molecule has 1 heterocycles. The molecule has 0 amide bonds. The molecular weight excluding hydrogens is 352 g/mol. The Bertz CT molecular complexity index is 759. The first-order chi connectivity index (χ1) is 9.95. The van der Waals surface area contributed by atoms with E-state index in [4.69, 9.17) is 0 Å². The summed E-state index contributed by atoms with van der Waals surface area (Å²) in [5.74, 6) is 0.858. The predicted octanol–water partition coefficient (Wildman–Crippen LogP) is 3.22. The molecule has 0 radical (unpaired) electrons. The number of nitrogens with one attached hydrogen (secondary N) is 1. The normalized spacial score (nSPS) is 21.0. The van der Waals surface area contributed by atoms with Gasteiger partial charge >= 0.3 is 0 Å². The van der Waals surface area contributed by atoms with Crippen molar-refractivity contribution in [3.63, 3.8) is 0 Å². The Kier molecular flexibility index (Phi) is 3.75. The standard InChI is InChI=1S/C15H15BrN2O2S/c1-21(19,20)14-3-2-8-17-15(14)18-13-9-12(13)10-4-6-11(16)7-5-10/h2-8,12-13H,9H2,1H3,(H,17,18). The van der Waals surface area contributed by atoms with Crippen LogP contribution in [0.5, 0.6) is 0 Å². The van der Waals surface area contributed by atoms with E-state index in [9.17, 15) is 8.42 Å². The SMILES string of the molecule is CS(=O)(=O)c1cccnc1NC1CC1c1ccc(Br)cc1. The minimum absolute atomic E-state index is 0.238. The average Bonchev–Trinajstić information content (AvgIpc) is 3.18. The van der Waals surface area contributed by atoms with E-state index in [1.807, 2.05) is 12.1 Å². The smallest absolute Gasteiger partial charge is 0.179 e. The Morgan fingerprint density at radius 1 is 1.24 bits per heavy atom. The minimum atomic E-state index is -3.27. The van der Waals surface area contributed by atoms with Gasteiger partial charge in [0, 0.05) is 28.9 Å². The van der Waals surface area contributed by atoms with Gasteiger partial charge in [0.25, 0.3) is 0 Å². The molecule has 1 aliphatic rings. The molecule has 1 aliphatic carbocycles. The lowest BCUT2D eigenvalue weighted by atomic mass is 10.1. The highest BCUT2D eigenvalue weighted by atomic mass is 79.9. The molecule has 1 aromatic heterocycles. The quantitative estimate of drug-likeness (QED) is 0.902. The molecule has 1 fully saturated rings. The second-order valence-electron chi connectivity index (χ2n) is 5.27. The number of nitrogens with zero attached hydrogens (tertiary/aromatic N) is 1. The van der Waals surface area contributed by atoms with Gasteiger partial charge in [0.15, 0.2) is 9.84 Å². The Morgan fingerprint density at radius 2 is 1.95 bits per heavy atom. The van der Waals surface area contributed by atoms with Crippen molar-refractivity contribution < 1.29 is 8.42 Å². The molecule has 1 saturated carbocycles. The first-order valence-corrected chi connectivity index (χ1v) is 9.30. The summed E-state index contributed by atoms with van der Waals surface area (Å²) in [6.07, 6.45) is 3.80. The zero-order valence-electron chi connectivity index (χ0n) is 11.5. The van der Waals surface area contributed by atoms with Crippen molar-refractivity contribution >= 4 is 31.6 Å². The summed E-state index contributed by atoms with van der Waals surface area (Å²) in [6, 6.07) is 11.7. The van der Waals surface area contributed by atoms with Gasteiger partial charge in [-0.05, 0) is 36.2 Å². The fraction of sp³-hybridized carbons (Fsp3) is 0.267. The molecule has 2 atom stereocenters. The maximum Gasteiger partial charge on any atom is 0.179 e. The molecule has 2 aromatic rings. The van der Waals surface area contributed by atoms with Gasteiger partial charge in [-0.25, -0.2) is 13.4 Å². The van der Waals surface area contributed by atoms with Crippen LogP contribution in [-0.4, -0.2) is 25.7 Å². The maximum atomic E-state index is 11.8. The molecule has 4 nitrogen and oxygen atoms in total. The molecular formula is C15H15BrN2O2S. The van der Waals surface area contributed by atoms with Crippen LogP contribution in [0.3, 0.4) is 0 Å². The van der Waals surface area contributed by atoms with Crippen LogP contribution in [0.15, 0.2) is 52.0 Å². The molecule has 1 N–H and O–H groups in total. The summed E-state index contributed by atoms with van der Waals surface area (Å²) in [6.45, 7) is 0. The number of sulfone groups is 1. The van der Waals surface area contributed by atoms with Gasteiger partial charge < -0.3 is 5.32 Å². The minimum Gasteiger partial charge on any atom is -0.366 e. The third kappa shape index (κ3) is 3.27. The van der Waals surface area contributed by atoms with Crippen LogP contribution in [0, 0.1) is 0 Å². The van der Waals surface area contributed by atoms with Gasteiger partial charge in [-0.2, -0.15) is 0 Å². The van der Waals surface area contributed by atoms with E-state index in [0.29, 0.717) is 11.7 Å². The number of aromatic nitrogens is 1. The molecule has 2 unspecified atom stereocenters. The van der Waals surface area contributed by atoms with E-state index in [0.717, 1.165) is 10.9 Å². The third-order valence-corrected chi connectivity index (χ3v) is 5.24. The second kappa shape index (κ2) is 5.42. The number of pyridine rings is 1. The monoisotopic (exact) mass is 366 g/mol. The molecule has 21 heavy (non-hydrogen) atoms. The van der Waals surface area contributed by atoms with Crippen LogP contribution in [0.2, 0.25) is 0 Å². The number of halogens is 1. The first kappa shape index (κ1) is 14.5. The summed E-state index contributed by atoms with van der Waals surface area (Å²) in [7, 11) is -3.27. The second-order valence-corrected chi connectivity index (χ2v) is 8.17. The van der Waals surface area contributed by atoms with E-state index in [-0.39, 0.29) is 10.9 Å². The third-order valence-electron chi connectivity index (χ3n) is 3.58. The molecule has 0 saturated heterocycles.